The van der Waals surface area contributed by atoms with Crippen molar-refractivity contribution < 1.29 is 22.7 Å². The first-order chi connectivity index (χ1) is 13.4. The summed E-state index contributed by atoms with van der Waals surface area (Å²) in [6, 6.07) is 14.0. The smallest absolute Gasteiger partial charge is 0.418 e. The van der Waals surface area contributed by atoms with E-state index in [-0.39, 0.29) is 5.69 Å². The second kappa shape index (κ2) is 7.95. The summed E-state index contributed by atoms with van der Waals surface area (Å²) >= 11 is 0. The maximum absolute atomic E-state index is 13.0. The number of benzene rings is 2. The quantitative estimate of drug-likeness (QED) is 0.672. The normalized spacial score (nSPS) is 11.0. The average molecular weight is 388 g/mol. The number of nitrogens with one attached hydrogen (secondary N) is 2. The maximum atomic E-state index is 13.0. The summed E-state index contributed by atoms with van der Waals surface area (Å²) in [6.45, 7) is 0. The van der Waals surface area contributed by atoms with Gasteiger partial charge in [-0.2, -0.15) is 13.2 Å². The Bertz CT molecular complexity index is 958. The zero-order chi connectivity index (χ0) is 20.1. The highest BCUT2D eigenvalue weighted by atomic mass is 19.4. The fourth-order valence-corrected chi connectivity index (χ4v) is 2.43. The monoisotopic (exact) mass is 388 g/mol. The molecule has 28 heavy (non-hydrogen) atoms. The van der Waals surface area contributed by atoms with E-state index in [0.29, 0.717) is 17.3 Å². The number of hydrogen-bond acceptors (Lipinski definition) is 4. The lowest BCUT2D eigenvalue weighted by atomic mass is 10.1. The summed E-state index contributed by atoms with van der Waals surface area (Å²) in [6.07, 6.45) is -4.56. The van der Waals surface area contributed by atoms with Gasteiger partial charge in [-0.3, -0.25) is 0 Å². The topological polar surface area (TPSA) is 76.1 Å². The van der Waals surface area contributed by atoms with Gasteiger partial charge in [-0.1, -0.05) is 24.3 Å². The van der Waals surface area contributed by atoms with E-state index >= 15 is 0 Å². The Morgan fingerprint density at radius 1 is 0.929 bits per heavy atom. The highest BCUT2D eigenvalue weighted by Gasteiger charge is 2.33. The van der Waals surface area contributed by atoms with Crippen LogP contribution in [0.3, 0.4) is 0 Å². The van der Waals surface area contributed by atoms with E-state index < -0.39 is 17.8 Å². The van der Waals surface area contributed by atoms with Crippen molar-refractivity contribution in [3.63, 3.8) is 0 Å². The van der Waals surface area contributed by atoms with Gasteiger partial charge in [-0.05, 0) is 30.3 Å². The fraction of sp³-hybridized carbons (Fsp3) is 0.105. The maximum Gasteiger partial charge on any atom is 0.418 e. The molecule has 2 amide bonds. The number of halogens is 3. The number of urea groups is 1. The van der Waals surface area contributed by atoms with Crippen molar-refractivity contribution in [2.24, 2.45) is 0 Å². The van der Waals surface area contributed by atoms with E-state index in [2.05, 4.69) is 20.8 Å². The Morgan fingerprint density at radius 2 is 1.64 bits per heavy atom. The van der Waals surface area contributed by atoms with E-state index in [1.807, 2.05) is 0 Å². The number of hydrogen-bond donors (Lipinski definition) is 2. The minimum Gasteiger partial charge on any atom is -0.480 e. The summed E-state index contributed by atoms with van der Waals surface area (Å²) in [5.74, 6) is 0.387. The molecule has 0 saturated carbocycles. The van der Waals surface area contributed by atoms with E-state index in [9.17, 15) is 18.0 Å². The summed E-state index contributed by atoms with van der Waals surface area (Å²) in [7, 11) is 1.49. The third kappa shape index (κ3) is 4.56. The predicted octanol–water partition coefficient (Wildman–Crippen LogP) is 4.82. The lowest BCUT2D eigenvalue weighted by molar-refractivity contribution is -0.136. The number of methoxy groups -OCH3 is 1. The molecule has 0 atom stereocenters. The molecule has 6 nitrogen and oxygen atoms in total. The average Bonchev–Trinajstić information content (AvgIpc) is 2.68. The minimum absolute atomic E-state index is 0.322. The zero-order valence-electron chi connectivity index (χ0n) is 14.6. The molecule has 3 rings (SSSR count). The first-order valence-electron chi connectivity index (χ1n) is 8.09. The van der Waals surface area contributed by atoms with Crippen molar-refractivity contribution in [1.29, 1.82) is 0 Å². The summed E-state index contributed by atoms with van der Waals surface area (Å²) in [5, 5.41) is 12.6. The van der Waals surface area contributed by atoms with E-state index in [0.717, 1.165) is 11.6 Å². The molecule has 0 aliphatic carbocycles. The Labute approximate surface area is 158 Å². The SMILES string of the molecule is COc1ccc(-c2ccc(NC(=O)Nc3ccccc3C(F)(F)F)cc2)nn1. The highest BCUT2D eigenvalue weighted by molar-refractivity contribution is 6.00. The third-order valence-corrected chi connectivity index (χ3v) is 3.77. The Kier molecular flexibility index (Phi) is 5.44. The van der Waals surface area contributed by atoms with Gasteiger partial charge < -0.3 is 15.4 Å². The van der Waals surface area contributed by atoms with Crippen LogP contribution >= 0.6 is 0 Å². The van der Waals surface area contributed by atoms with Crippen molar-refractivity contribution in [3.05, 3.63) is 66.2 Å². The van der Waals surface area contributed by atoms with Gasteiger partial charge in [0.15, 0.2) is 0 Å². The molecule has 3 aromatic rings. The van der Waals surface area contributed by atoms with Gasteiger partial charge in [0.05, 0.1) is 24.1 Å². The third-order valence-electron chi connectivity index (χ3n) is 3.77. The summed E-state index contributed by atoms with van der Waals surface area (Å²) < 4.78 is 43.9. The number of carbonyl (C=O) groups is 1. The molecule has 0 aliphatic heterocycles. The lowest BCUT2D eigenvalue weighted by Gasteiger charge is -2.14. The molecule has 0 radical (unpaired) electrons. The number of para-hydroxylation sites is 1. The molecule has 0 spiro atoms. The minimum atomic E-state index is -4.56. The number of alkyl halides is 3. The molecule has 0 saturated heterocycles. The summed E-state index contributed by atoms with van der Waals surface area (Å²) in [4.78, 5) is 12.1. The van der Waals surface area contributed by atoms with E-state index in [1.165, 1.54) is 25.3 Å². The van der Waals surface area contributed by atoms with Crippen LogP contribution in [-0.4, -0.2) is 23.3 Å². The van der Waals surface area contributed by atoms with E-state index in [1.54, 1.807) is 36.4 Å². The number of amides is 2. The molecule has 0 unspecified atom stereocenters. The van der Waals surface area contributed by atoms with Gasteiger partial charge >= 0.3 is 12.2 Å². The van der Waals surface area contributed by atoms with Crippen LogP contribution in [0.5, 0.6) is 5.88 Å². The van der Waals surface area contributed by atoms with Crippen LogP contribution in [0.2, 0.25) is 0 Å². The Morgan fingerprint density at radius 3 is 2.25 bits per heavy atom. The van der Waals surface area contributed by atoms with Crippen molar-refractivity contribution in [2.75, 3.05) is 17.7 Å². The van der Waals surface area contributed by atoms with Crippen LogP contribution < -0.4 is 15.4 Å². The number of anilines is 2. The van der Waals surface area contributed by atoms with Crippen LogP contribution in [0.25, 0.3) is 11.3 Å². The molecular weight excluding hydrogens is 373 g/mol. The lowest BCUT2D eigenvalue weighted by Crippen LogP contribution is -2.21. The highest BCUT2D eigenvalue weighted by Crippen LogP contribution is 2.34. The van der Waals surface area contributed by atoms with Gasteiger partial charge in [-0.15, -0.1) is 10.2 Å². The fourth-order valence-electron chi connectivity index (χ4n) is 2.43. The summed E-state index contributed by atoms with van der Waals surface area (Å²) in [5.41, 5.74) is 0.530. The number of nitrogens with zero attached hydrogens (tertiary/aromatic N) is 2. The molecule has 1 heterocycles. The number of ether oxygens (including phenoxy) is 1. The van der Waals surface area contributed by atoms with Crippen LogP contribution in [0.4, 0.5) is 29.3 Å². The van der Waals surface area contributed by atoms with Gasteiger partial charge in [0.2, 0.25) is 5.88 Å². The predicted molar refractivity (Wildman–Crippen MR) is 98.1 cm³/mol. The van der Waals surface area contributed by atoms with Crippen molar-refractivity contribution in [1.82, 2.24) is 10.2 Å². The van der Waals surface area contributed by atoms with Crippen molar-refractivity contribution in [3.8, 4) is 17.1 Å². The van der Waals surface area contributed by atoms with E-state index in [4.69, 9.17) is 4.74 Å². The van der Waals surface area contributed by atoms with Crippen LogP contribution in [0.15, 0.2) is 60.7 Å². The Hall–Kier alpha value is -3.62. The van der Waals surface area contributed by atoms with Gasteiger partial charge in [0, 0.05) is 17.3 Å². The van der Waals surface area contributed by atoms with Gasteiger partial charge in [-0.25, -0.2) is 4.79 Å². The zero-order valence-corrected chi connectivity index (χ0v) is 14.6. The molecule has 2 aromatic carbocycles. The molecule has 0 fully saturated rings. The number of aromatic nitrogens is 2. The van der Waals surface area contributed by atoms with Crippen LogP contribution in [0.1, 0.15) is 5.56 Å². The van der Waals surface area contributed by atoms with Gasteiger partial charge in [0.1, 0.15) is 0 Å². The standard InChI is InChI=1S/C19H15F3N4O2/c1-28-17-11-10-15(25-26-17)12-6-8-13(9-7-12)23-18(27)24-16-5-3-2-4-14(16)19(20,21)22/h2-11H,1H3,(H2,23,24,27). The second-order valence-electron chi connectivity index (χ2n) is 5.66. The Balaban J connectivity index is 1.68. The first-order valence-corrected chi connectivity index (χ1v) is 8.09. The molecule has 9 heteroatoms. The largest absolute Gasteiger partial charge is 0.480 e. The number of carbonyl (C=O) groups excluding carboxylic acids is 1. The van der Waals surface area contributed by atoms with Crippen LogP contribution in [-0.2, 0) is 6.18 Å². The van der Waals surface area contributed by atoms with Crippen molar-refractivity contribution in [2.45, 2.75) is 6.18 Å². The van der Waals surface area contributed by atoms with Crippen LogP contribution in [0, 0.1) is 0 Å². The molecule has 0 aliphatic rings. The molecule has 0 bridgehead atoms. The second-order valence-corrected chi connectivity index (χ2v) is 5.66. The van der Waals surface area contributed by atoms with Crippen molar-refractivity contribution >= 4 is 17.4 Å². The molecule has 144 valence electrons. The number of rotatable bonds is 4. The molecular formula is C19H15F3N4O2. The molecule has 2 N–H and O–H groups in total. The molecule has 1 aromatic heterocycles. The first kappa shape index (κ1) is 19.2. The van der Waals surface area contributed by atoms with Gasteiger partial charge in [0.25, 0.3) is 0 Å².